The summed E-state index contributed by atoms with van der Waals surface area (Å²) in [4.78, 5) is 16.4. The van der Waals surface area contributed by atoms with Gasteiger partial charge in [0, 0.05) is 19.3 Å². The lowest BCUT2D eigenvalue weighted by molar-refractivity contribution is 0.157. The molecule has 2 rings (SSSR count). The number of hydrogen-bond donors (Lipinski definition) is 1. The zero-order valence-corrected chi connectivity index (χ0v) is 10.5. The zero-order valence-electron chi connectivity index (χ0n) is 8.97. The van der Waals surface area contributed by atoms with Crippen molar-refractivity contribution < 1.29 is 9.90 Å². The maximum absolute atomic E-state index is 10.8. The molecular formula is C11H11ClN2O2S. The Morgan fingerprint density at radius 1 is 1.65 bits per heavy atom. The summed E-state index contributed by atoms with van der Waals surface area (Å²) >= 11 is 7.26. The molecule has 1 aliphatic heterocycles. The van der Waals surface area contributed by atoms with Gasteiger partial charge in [-0.25, -0.2) is 9.78 Å². The van der Waals surface area contributed by atoms with Crippen molar-refractivity contribution in [1.29, 1.82) is 0 Å². The van der Waals surface area contributed by atoms with Crippen LogP contribution in [-0.4, -0.2) is 39.4 Å². The Hall–Kier alpha value is -1.20. The number of thioether (sulfide) groups is 1. The number of likely N-dealkylation sites (tertiary alicyclic amines) is 1. The Bertz CT molecular complexity index is 449. The fourth-order valence-electron chi connectivity index (χ4n) is 1.58. The molecule has 0 aromatic carbocycles. The van der Waals surface area contributed by atoms with Crippen molar-refractivity contribution in [2.45, 2.75) is 10.3 Å². The molecule has 1 saturated heterocycles. The standard InChI is InChI=1S/C11H11ClN2O2S/c1-7-5-14(11(15)16)6-9(7)17-10-3-2-8(12)4-13-10/h2-4,9H,1,5-6H2,(H,15,16). The van der Waals surface area contributed by atoms with Gasteiger partial charge in [-0.15, -0.1) is 0 Å². The number of hydrogen-bond acceptors (Lipinski definition) is 3. The number of nitrogens with zero attached hydrogens (tertiary/aromatic N) is 2. The summed E-state index contributed by atoms with van der Waals surface area (Å²) in [7, 11) is 0. The van der Waals surface area contributed by atoms with Gasteiger partial charge in [0.25, 0.3) is 0 Å². The van der Waals surface area contributed by atoms with Crippen LogP contribution in [0.4, 0.5) is 4.79 Å². The van der Waals surface area contributed by atoms with Crippen LogP contribution in [0.1, 0.15) is 0 Å². The molecule has 1 fully saturated rings. The summed E-state index contributed by atoms with van der Waals surface area (Å²) in [6, 6.07) is 3.59. The van der Waals surface area contributed by atoms with Gasteiger partial charge in [-0.3, -0.25) is 0 Å². The number of aromatic nitrogens is 1. The Labute approximate surface area is 108 Å². The Morgan fingerprint density at radius 3 is 2.94 bits per heavy atom. The van der Waals surface area contributed by atoms with Crippen LogP contribution < -0.4 is 0 Å². The van der Waals surface area contributed by atoms with Crippen molar-refractivity contribution in [1.82, 2.24) is 9.88 Å². The highest BCUT2D eigenvalue weighted by Crippen LogP contribution is 2.31. The predicted octanol–water partition coefficient (Wildman–Crippen LogP) is 2.75. The van der Waals surface area contributed by atoms with Gasteiger partial charge in [-0.2, -0.15) is 0 Å². The molecule has 0 spiro atoms. The Morgan fingerprint density at radius 2 is 2.41 bits per heavy atom. The van der Waals surface area contributed by atoms with Crippen LogP contribution in [0.2, 0.25) is 5.02 Å². The lowest BCUT2D eigenvalue weighted by Gasteiger charge is -2.11. The average Bonchev–Trinajstić information content (AvgIpc) is 2.64. The van der Waals surface area contributed by atoms with Crippen LogP contribution in [0, 0.1) is 0 Å². The summed E-state index contributed by atoms with van der Waals surface area (Å²) in [5.41, 5.74) is 0.911. The highest BCUT2D eigenvalue weighted by Gasteiger charge is 2.30. The van der Waals surface area contributed by atoms with Gasteiger partial charge in [0.1, 0.15) is 0 Å². The molecule has 1 N–H and O–H groups in total. The molecule has 2 heterocycles. The second-order valence-electron chi connectivity index (χ2n) is 3.74. The number of pyridine rings is 1. The molecule has 1 aromatic heterocycles. The van der Waals surface area contributed by atoms with E-state index in [1.165, 1.54) is 16.7 Å². The van der Waals surface area contributed by atoms with Crippen molar-refractivity contribution in [3.63, 3.8) is 0 Å². The lowest BCUT2D eigenvalue weighted by atomic mass is 10.3. The third kappa shape index (κ3) is 2.92. The van der Waals surface area contributed by atoms with Gasteiger partial charge in [0.15, 0.2) is 0 Å². The van der Waals surface area contributed by atoms with E-state index in [1.807, 2.05) is 6.07 Å². The highest BCUT2D eigenvalue weighted by atomic mass is 35.5. The van der Waals surface area contributed by atoms with Crippen LogP contribution in [0.25, 0.3) is 0 Å². The smallest absolute Gasteiger partial charge is 0.407 e. The molecule has 4 nitrogen and oxygen atoms in total. The van der Waals surface area contributed by atoms with E-state index in [9.17, 15) is 4.79 Å². The van der Waals surface area contributed by atoms with E-state index < -0.39 is 6.09 Å². The summed E-state index contributed by atoms with van der Waals surface area (Å²) in [6.45, 7) is 4.77. The highest BCUT2D eigenvalue weighted by molar-refractivity contribution is 8.00. The van der Waals surface area contributed by atoms with Crippen molar-refractivity contribution in [2.75, 3.05) is 13.1 Å². The van der Waals surface area contributed by atoms with E-state index in [0.717, 1.165) is 10.6 Å². The maximum atomic E-state index is 10.8. The molecule has 6 heteroatoms. The van der Waals surface area contributed by atoms with E-state index in [4.69, 9.17) is 16.7 Å². The summed E-state index contributed by atoms with van der Waals surface area (Å²) in [5.74, 6) is 0. The van der Waals surface area contributed by atoms with Crippen LogP contribution in [0.15, 0.2) is 35.5 Å². The Kier molecular flexibility index (Phi) is 3.59. The van der Waals surface area contributed by atoms with Gasteiger partial charge in [0.2, 0.25) is 0 Å². The van der Waals surface area contributed by atoms with Crippen LogP contribution in [0.3, 0.4) is 0 Å². The van der Waals surface area contributed by atoms with Crippen LogP contribution in [-0.2, 0) is 0 Å². The average molecular weight is 271 g/mol. The lowest BCUT2D eigenvalue weighted by Crippen LogP contribution is -2.27. The maximum Gasteiger partial charge on any atom is 0.407 e. The minimum atomic E-state index is -0.904. The van der Waals surface area contributed by atoms with Gasteiger partial charge >= 0.3 is 6.09 Å². The SMILES string of the molecule is C=C1CN(C(=O)O)CC1Sc1ccc(Cl)cn1. The first kappa shape index (κ1) is 12.3. The molecule has 0 radical (unpaired) electrons. The first-order valence-electron chi connectivity index (χ1n) is 5.00. The number of amides is 1. The van der Waals surface area contributed by atoms with E-state index in [-0.39, 0.29) is 5.25 Å². The molecule has 1 aliphatic rings. The normalized spacial score (nSPS) is 19.7. The van der Waals surface area contributed by atoms with Crippen molar-refractivity contribution in [2.24, 2.45) is 0 Å². The fraction of sp³-hybridized carbons (Fsp3) is 0.273. The molecule has 1 atom stereocenters. The number of rotatable bonds is 2. The first-order chi connectivity index (χ1) is 8.06. The molecule has 90 valence electrons. The first-order valence-corrected chi connectivity index (χ1v) is 6.26. The third-order valence-corrected chi connectivity index (χ3v) is 3.94. The van der Waals surface area contributed by atoms with E-state index in [2.05, 4.69) is 11.6 Å². The summed E-state index contributed by atoms with van der Waals surface area (Å²) in [6.07, 6.45) is 0.676. The second-order valence-corrected chi connectivity index (χ2v) is 5.40. The van der Waals surface area contributed by atoms with E-state index in [0.29, 0.717) is 18.1 Å². The van der Waals surface area contributed by atoms with Crippen molar-refractivity contribution >= 4 is 29.5 Å². The van der Waals surface area contributed by atoms with Crippen LogP contribution in [0.5, 0.6) is 0 Å². The predicted molar refractivity (Wildman–Crippen MR) is 67.6 cm³/mol. The minimum Gasteiger partial charge on any atom is -0.465 e. The van der Waals surface area contributed by atoms with Gasteiger partial charge in [0.05, 0.1) is 15.3 Å². The molecule has 1 unspecified atom stereocenters. The number of halogens is 1. The largest absolute Gasteiger partial charge is 0.465 e. The molecule has 1 aromatic rings. The fourth-order valence-corrected chi connectivity index (χ4v) is 2.74. The molecule has 1 amide bonds. The quantitative estimate of drug-likeness (QED) is 0.840. The molecule has 0 saturated carbocycles. The van der Waals surface area contributed by atoms with Gasteiger partial charge in [-0.05, 0) is 17.7 Å². The molecular weight excluding hydrogens is 260 g/mol. The minimum absolute atomic E-state index is 0.0692. The number of carbonyl (C=O) groups is 1. The van der Waals surface area contributed by atoms with Crippen molar-refractivity contribution in [3.8, 4) is 0 Å². The number of carboxylic acid groups (broad SMARTS) is 1. The topological polar surface area (TPSA) is 53.4 Å². The second kappa shape index (κ2) is 4.98. The zero-order chi connectivity index (χ0) is 12.4. The molecule has 0 aliphatic carbocycles. The molecule has 17 heavy (non-hydrogen) atoms. The summed E-state index contributed by atoms with van der Waals surface area (Å²) in [5, 5.41) is 10.4. The Balaban J connectivity index is 2.02. The van der Waals surface area contributed by atoms with Crippen molar-refractivity contribution in [3.05, 3.63) is 35.5 Å². The summed E-state index contributed by atoms with van der Waals surface area (Å²) < 4.78 is 0. The van der Waals surface area contributed by atoms with E-state index >= 15 is 0 Å². The van der Waals surface area contributed by atoms with Crippen LogP contribution >= 0.6 is 23.4 Å². The van der Waals surface area contributed by atoms with Gasteiger partial charge < -0.3 is 10.0 Å². The third-order valence-electron chi connectivity index (χ3n) is 2.47. The monoisotopic (exact) mass is 270 g/mol. The molecule has 0 bridgehead atoms. The van der Waals surface area contributed by atoms with E-state index in [1.54, 1.807) is 12.3 Å². The van der Waals surface area contributed by atoms with Gasteiger partial charge in [-0.1, -0.05) is 29.9 Å².